The molecule has 0 saturated carbocycles. The molecule has 0 saturated heterocycles. The quantitative estimate of drug-likeness (QED) is 0.864. The summed E-state index contributed by atoms with van der Waals surface area (Å²) in [4.78, 5) is 6.31. The Labute approximate surface area is 118 Å². The number of methoxy groups -OCH3 is 1. The Balaban J connectivity index is 2.16. The first-order valence-electron chi connectivity index (χ1n) is 6.42. The number of aromatic nitrogens is 2. The molecule has 0 aliphatic carbocycles. The Bertz CT molecular complexity index is 556. The smallest absolute Gasteiger partial charge is 0.241 e. The number of hydrogen-bond donors (Lipinski definition) is 1. The summed E-state index contributed by atoms with van der Waals surface area (Å²) in [7, 11) is 3.50. The summed E-state index contributed by atoms with van der Waals surface area (Å²) in [6.45, 7) is 2.51. The van der Waals surface area contributed by atoms with Crippen molar-refractivity contribution < 1.29 is 14.4 Å². The Hall–Kier alpha value is -1.92. The molecule has 1 aromatic carbocycles. The number of nitrogens with zero attached hydrogens (tertiary/aromatic N) is 3. The van der Waals surface area contributed by atoms with E-state index in [2.05, 4.69) is 10.1 Å². The molecule has 6 nitrogen and oxygen atoms in total. The predicted molar refractivity (Wildman–Crippen MR) is 74.3 cm³/mol. The van der Waals surface area contributed by atoms with E-state index >= 15 is 0 Å². The van der Waals surface area contributed by atoms with Crippen molar-refractivity contribution in [2.24, 2.45) is 0 Å². The van der Waals surface area contributed by atoms with Crippen molar-refractivity contribution in [2.75, 3.05) is 20.8 Å². The van der Waals surface area contributed by atoms with E-state index in [9.17, 15) is 0 Å². The van der Waals surface area contributed by atoms with Crippen LogP contribution in [0.15, 0.2) is 28.8 Å². The minimum absolute atomic E-state index is 0.0385. The van der Waals surface area contributed by atoms with Crippen molar-refractivity contribution in [3.8, 4) is 17.1 Å². The highest BCUT2D eigenvalue weighted by Gasteiger charge is 2.15. The van der Waals surface area contributed by atoms with Crippen molar-refractivity contribution in [2.45, 2.75) is 19.5 Å². The molecule has 0 bridgehead atoms. The van der Waals surface area contributed by atoms with E-state index in [1.165, 1.54) is 0 Å². The molecule has 1 unspecified atom stereocenters. The van der Waals surface area contributed by atoms with E-state index in [1.807, 2.05) is 43.1 Å². The molecule has 1 atom stereocenters. The molecule has 2 aromatic rings. The van der Waals surface area contributed by atoms with Crippen molar-refractivity contribution in [3.05, 3.63) is 30.2 Å². The summed E-state index contributed by atoms with van der Waals surface area (Å²) in [6, 6.07) is 7.56. The second-order valence-electron chi connectivity index (χ2n) is 4.66. The van der Waals surface area contributed by atoms with Gasteiger partial charge in [0, 0.05) is 6.04 Å². The zero-order valence-electron chi connectivity index (χ0n) is 11.9. The minimum atomic E-state index is 0.0385. The SMILES string of the molecule is COc1ccccc1-c1noc(CN(C)C(C)CO)n1. The maximum Gasteiger partial charge on any atom is 0.241 e. The Kier molecular flexibility index (Phi) is 4.70. The van der Waals surface area contributed by atoms with Crippen LogP contribution in [0.25, 0.3) is 11.4 Å². The standard InChI is InChI=1S/C14H19N3O3/c1-10(9-18)17(2)8-13-15-14(16-20-13)11-6-4-5-7-12(11)19-3/h4-7,10,18H,8-9H2,1-3H3. The van der Waals surface area contributed by atoms with Gasteiger partial charge in [-0.1, -0.05) is 17.3 Å². The van der Waals surface area contributed by atoms with Crippen LogP contribution in [0.1, 0.15) is 12.8 Å². The number of likely N-dealkylation sites (N-methyl/N-ethyl adjacent to an activating group) is 1. The molecule has 0 aliphatic rings. The first-order valence-corrected chi connectivity index (χ1v) is 6.42. The number of aliphatic hydroxyl groups excluding tert-OH is 1. The molecule has 1 aromatic heterocycles. The number of para-hydroxylation sites is 1. The largest absolute Gasteiger partial charge is 0.496 e. The van der Waals surface area contributed by atoms with Gasteiger partial charge in [-0.25, -0.2) is 0 Å². The monoisotopic (exact) mass is 277 g/mol. The lowest BCUT2D eigenvalue weighted by Gasteiger charge is -2.20. The van der Waals surface area contributed by atoms with Gasteiger partial charge in [-0.3, -0.25) is 4.90 Å². The molecule has 0 amide bonds. The van der Waals surface area contributed by atoms with Crippen molar-refractivity contribution in [3.63, 3.8) is 0 Å². The third-order valence-electron chi connectivity index (χ3n) is 3.22. The molecule has 1 heterocycles. The topological polar surface area (TPSA) is 71.6 Å². The van der Waals surface area contributed by atoms with Crippen LogP contribution in [0, 0.1) is 0 Å². The molecule has 0 aliphatic heterocycles. The van der Waals surface area contributed by atoms with E-state index in [0.29, 0.717) is 24.0 Å². The van der Waals surface area contributed by atoms with Gasteiger partial charge in [0.1, 0.15) is 5.75 Å². The number of rotatable bonds is 6. The lowest BCUT2D eigenvalue weighted by atomic mass is 10.2. The second-order valence-corrected chi connectivity index (χ2v) is 4.66. The third kappa shape index (κ3) is 3.15. The number of ether oxygens (including phenoxy) is 1. The van der Waals surface area contributed by atoms with Gasteiger partial charge in [0.15, 0.2) is 0 Å². The van der Waals surface area contributed by atoms with E-state index in [-0.39, 0.29) is 12.6 Å². The molecule has 0 radical (unpaired) electrons. The van der Waals surface area contributed by atoms with Gasteiger partial charge in [0.25, 0.3) is 0 Å². The van der Waals surface area contributed by atoms with E-state index in [0.717, 1.165) is 5.56 Å². The lowest BCUT2D eigenvalue weighted by Crippen LogP contribution is -2.31. The van der Waals surface area contributed by atoms with Gasteiger partial charge in [-0.15, -0.1) is 0 Å². The fourth-order valence-corrected chi connectivity index (χ4v) is 1.77. The highest BCUT2D eigenvalue weighted by molar-refractivity contribution is 5.63. The molecule has 20 heavy (non-hydrogen) atoms. The predicted octanol–water partition coefficient (Wildman–Crippen LogP) is 1.56. The molecule has 2 rings (SSSR count). The Morgan fingerprint density at radius 2 is 2.15 bits per heavy atom. The highest BCUT2D eigenvalue weighted by Crippen LogP contribution is 2.27. The van der Waals surface area contributed by atoms with Crippen molar-refractivity contribution >= 4 is 0 Å². The molecule has 108 valence electrons. The summed E-state index contributed by atoms with van der Waals surface area (Å²) >= 11 is 0. The average Bonchev–Trinajstić information content (AvgIpc) is 2.94. The molecule has 1 N–H and O–H groups in total. The van der Waals surface area contributed by atoms with Gasteiger partial charge in [0.05, 0.1) is 25.8 Å². The molecular weight excluding hydrogens is 258 g/mol. The average molecular weight is 277 g/mol. The molecule has 0 fully saturated rings. The third-order valence-corrected chi connectivity index (χ3v) is 3.22. The van der Waals surface area contributed by atoms with Gasteiger partial charge < -0.3 is 14.4 Å². The second kappa shape index (κ2) is 6.49. The van der Waals surface area contributed by atoms with Gasteiger partial charge in [-0.05, 0) is 26.1 Å². The van der Waals surface area contributed by atoms with Crippen LogP contribution in [0.4, 0.5) is 0 Å². The highest BCUT2D eigenvalue weighted by atomic mass is 16.5. The molecule has 0 spiro atoms. The van der Waals surface area contributed by atoms with Gasteiger partial charge in [-0.2, -0.15) is 4.98 Å². The molecule has 6 heteroatoms. The van der Waals surface area contributed by atoms with Crippen LogP contribution < -0.4 is 4.74 Å². The van der Waals surface area contributed by atoms with Crippen LogP contribution in [0.5, 0.6) is 5.75 Å². The Morgan fingerprint density at radius 1 is 1.40 bits per heavy atom. The van der Waals surface area contributed by atoms with Crippen LogP contribution >= 0.6 is 0 Å². The van der Waals surface area contributed by atoms with Crippen LogP contribution in [0.2, 0.25) is 0 Å². The number of benzene rings is 1. The van der Waals surface area contributed by atoms with Gasteiger partial charge in [0.2, 0.25) is 11.7 Å². The zero-order chi connectivity index (χ0) is 14.5. The van der Waals surface area contributed by atoms with E-state index < -0.39 is 0 Å². The Morgan fingerprint density at radius 3 is 2.85 bits per heavy atom. The molecular formula is C14H19N3O3. The fourth-order valence-electron chi connectivity index (χ4n) is 1.77. The summed E-state index contributed by atoms with van der Waals surface area (Å²) in [5, 5.41) is 13.1. The summed E-state index contributed by atoms with van der Waals surface area (Å²) in [5.74, 6) is 1.72. The maximum atomic E-state index is 9.11. The summed E-state index contributed by atoms with van der Waals surface area (Å²) in [5.41, 5.74) is 0.794. The zero-order valence-corrected chi connectivity index (χ0v) is 11.9. The normalized spacial score (nSPS) is 12.7. The first-order chi connectivity index (χ1) is 9.65. The van der Waals surface area contributed by atoms with E-state index in [4.69, 9.17) is 14.4 Å². The first kappa shape index (κ1) is 14.5. The van der Waals surface area contributed by atoms with Crippen molar-refractivity contribution in [1.82, 2.24) is 15.0 Å². The van der Waals surface area contributed by atoms with Crippen LogP contribution in [-0.4, -0.2) is 47.0 Å². The van der Waals surface area contributed by atoms with Gasteiger partial charge >= 0.3 is 0 Å². The van der Waals surface area contributed by atoms with Crippen LogP contribution in [0.3, 0.4) is 0 Å². The number of hydrogen-bond acceptors (Lipinski definition) is 6. The summed E-state index contributed by atoms with van der Waals surface area (Å²) in [6.07, 6.45) is 0. The fraction of sp³-hybridized carbons (Fsp3) is 0.429. The van der Waals surface area contributed by atoms with Crippen molar-refractivity contribution in [1.29, 1.82) is 0 Å². The number of aliphatic hydroxyl groups is 1. The minimum Gasteiger partial charge on any atom is -0.496 e. The lowest BCUT2D eigenvalue weighted by molar-refractivity contribution is 0.142. The summed E-state index contributed by atoms with van der Waals surface area (Å²) < 4.78 is 10.5. The van der Waals surface area contributed by atoms with Crippen LogP contribution in [-0.2, 0) is 6.54 Å². The maximum absolute atomic E-state index is 9.11. The van der Waals surface area contributed by atoms with E-state index in [1.54, 1.807) is 7.11 Å².